The molecule has 3 rings (SSSR count). The Morgan fingerprint density at radius 3 is 3.00 bits per heavy atom. The van der Waals surface area contributed by atoms with Crippen molar-refractivity contribution in [3.8, 4) is 0 Å². The van der Waals surface area contributed by atoms with Gasteiger partial charge in [0.25, 0.3) is 0 Å². The summed E-state index contributed by atoms with van der Waals surface area (Å²) in [5.41, 5.74) is 2.67. The van der Waals surface area contributed by atoms with Crippen molar-refractivity contribution in [2.24, 2.45) is 0 Å². The second kappa shape index (κ2) is 5.01. The maximum atomic E-state index is 12.0. The molecule has 0 radical (unpaired) electrons. The first-order valence-electron chi connectivity index (χ1n) is 6.69. The van der Waals surface area contributed by atoms with Gasteiger partial charge in [-0.15, -0.1) is 0 Å². The van der Waals surface area contributed by atoms with E-state index in [0.29, 0.717) is 6.42 Å². The van der Waals surface area contributed by atoms with Gasteiger partial charge in [0.2, 0.25) is 11.8 Å². The first-order valence-corrected chi connectivity index (χ1v) is 6.69. The number of aryl methyl sites for hydroxylation is 1. The smallest absolute Gasteiger partial charge is 0.241 e. The summed E-state index contributed by atoms with van der Waals surface area (Å²) in [4.78, 5) is 23.3. The summed E-state index contributed by atoms with van der Waals surface area (Å²) in [5.74, 6) is 0.0352. The van der Waals surface area contributed by atoms with E-state index in [9.17, 15) is 9.59 Å². The molecule has 2 heterocycles. The van der Waals surface area contributed by atoms with Gasteiger partial charge in [-0.25, -0.2) is 0 Å². The van der Waals surface area contributed by atoms with E-state index < -0.39 is 0 Å². The van der Waals surface area contributed by atoms with Crippen LogP contribution in [0.15, 0.2) is 18.2 Å². The van der Waals surface area contributed by atoms with Crippen LogP contribution in [0.2, 0.25) is 0 Å². The van der Waals surface area contributed by atoms with Crippen molar-refractivity contribution in [2.45, 2.75) is 31.7 Å². The molecule has 2 amide bonds. The zero-order chi connectivity index (χ0) is 13.2. The highest BCUT2D eigenvalue weighted by Gasteiger charge is 2.22. The predicted octanol–water partition coefficient (Wildman–Crippen LogP) is 1.26. The molecule has 5 heteroatoms. The Morgan fingerprint density at radius 1 is 1.32 bits per heavy atom. The van der Waals surface area contributed by atoms with E-state index in [1.807, 2.05) is 18.2 Å². The number of fused-ring (bicyclic) bond motifs is 1. The SMILES string of the molecule is O=C1CCc2ccc(NC(=O)C3CCCN3)cc2N1. The van der Waals surface area contributed by atoms with Gasteiger partial charge in [0, 0.05) is 17.8 Å². The molecule has 2 aliphatic rings. The molecule has 0 spiro atoms. The highest BCUT2D eigenvalue weighted by molar-refractivity contribution is 5.98. The Labute approximate surface area is 111 Å². The molecule has 19 heavy (non-hydrogen) atoms. The van der Waals surface area contributed by atoms with Crippen molar-refractivity contribution in [3.63, 3.8) is 0 Å². The zero-order valence-electron chi connectivity index (χ0n) is 10.7. The molecule has 100 valence electrons. The van der Waals surface area contributed by atoms with Gasteiger partial charge >= 0.3 is 0 Å². The topological polar surface area (TPSA) is 70.2 Å². The first kappa shape index (κ1) is 12.2. The van der Waals surface area contributed by atoms with Crippen LogP contribution in [-0.4, -0.2) is 24.4 Å². The fraction of sp³-hybridized carbons (Fsp3) is 0.429. The number of carbonyl (C=O) groups excluding carboxylic acids is 2. The van der Waals surface area contributed by atoms with Crippen LogP contribution in [0.3, 0.4) is 0 Å². The van der Waals surface area contributed by atoms with E-state index in [2.05, 4.69) is 16.0 Å². The molecule has 1 atom stereocenters. The maximum absolute atomic E-state index is 12.0. The van der Waals surface area contributed by atoms with Crippen molar-refractivity contribution in [2.75, 3.05) is 17.2 Å². The van der Waals surface area contributed by atoms with E-state index in [0.717, 1.165) is 42.7 Å². The van der Waals surface area contributed by atoms with Crippen LogP contribution in [0.1, 0.15) is 24.8 Å². The fourth-order valence-corrected chi connectivity index (χ4v) is 2.59. The van der Waals surface area contributed by atoms with Gasteiger partial charge in [-0.05, 0) is 43.5 Å². The Hall–Kier alpha value is -1.88. The summed E-state index contributed by atoms with van der Waals surface area (Å²) in [5, 5.41) is 8.90. The lowest BCUT2D eigenvalue weighted by Crippen LogP contribution is -2.35. The van der Waals surface area contributed by atoms with Gasteiger partial charge in [-0.1, -0.05) is 6.07 Å². The van der Waals surface area contributed by atoms with Gasteiger partial charge in [0.15, 0.2) is 0 Å². The third kappa shape index (κ3) is 2.61. The van der Waals surface area contributed by atoms with Gasteiger partial charge in [0.1, 0.15) is 0 Å². The Morgan fingerprint density at radius 2 is 2.21 bits per heavy atom. The van der Waals surface area contributed by atoms with Gasteiger partial charge in [0.05, 0.1) is 6.04 Å². The Bertz CT molecular complexity index is 521. The van der Waals surface area contributed by atoms with Crippen molar-refractivity contribution >= 4 is 23.2 Å². The minimum atomic E-state index is -0.0920. The highest BCUT2D eigenvalue weighted by Crippen LogP contribution is 2.26. The van der Waals surface area contributed by atoms with E-state index in [1.54, 1.807) is 0 Å². The average molecular weight is 259 g/mol. The third-order valence-corrected chi connectivity index (χ3v) is 3.65. The van der Waals surface area contributed by atoms with Gasteiger partial charge in [-0.3, -0.25) is 9.59 Å². The van der Waals surface area contributed by atoms with Crippen LogP contribution in [0.5, 0.6) is 0 Å². The summed E-state index contributed by atoms with van der Waals surface area (Å²) in [6, 6.07) is 5.60. The fourth-order valence-electron chi connectivity index (χ4n) is 2.59. The Balaban J connectivity index is 1.73. The molecule has 2 aliphatic heterocycles. The van der Waals surface area contributed by atoms with Gasteiger partial charge in [-0.2, -0.15) is 0 Å². The quantitative estimate of drug-likeness (QED) is 0.749. The number of amides is 2. The standard InChI is InChI=1S/C14H17N3O2/c18-13-6-4-9-3-5-10(8-12(9)17-13)16-14(19)11-2-1-7-15-11/h3,5,8,11,15H,1-2,4,6-7H2,(H,16,19)(H,17,18). The summed E-state index contributed by atoms with van der Waals surface area (Å²) < 4.78 is 0. The molecule has 0 bridgehead atoms. The van der Waals surface area contributed by atoms with Crippen molar-refractivity contribution in [1.29, 1.82) is 0 Å². The van der Waals surface area contributed by atoms with E-state index >= 15 is 0 Å². The second-order valence-corrected chi connectivity index (χ2v) is 5.06. The van der Waals surface area contributed by atoms with Gasteiger partial charge < -0.3 is 16.0 Å². The van der Waals surface area contributed by atoms with Crippen molar-refractivity contribution in [1.82, 2.24) is 5.32 Å². The van der Waals surface area contributed by atoms with Crippen LogP contribution < -0.4 is 16.0 Å². The summed E-state index contributed by atoms with van der Waals surface area (Å²) in [6.07, 6.45) is 3.22. The molecule has 1 aromatic rings. The molecule has 0 saturated carbocycles. The number of carbonyl (C=O) groups is 2. The Kier molecular flexibility index (Phi) is 3.21. The van der Waals surface area contributed by atoms with Crippen LogP contribution in [0.25, 0.3) is 0 Å². The molecular weight excluding hydrogens is 242 g/mol. The van der Waals surface area contributed by atoms with Crippen LogP contribution >= 0.6 is 0 Å². The maximum Gasteiger partial charge on any atom is 0.241 e. The third-order valence-electron chi connectivity index (χ3n) is 3.65. The number of hydrogen-bond acceptors (Lipinski definition) is 3. The van der Waals surface area contributed by atoms with Crippen LogP contribution in [0, 0.1) is 0 Å². The van der Waals surface area contributed by atoms with E-state index in [4.69, 9.17) is 0 Å². The highest BCUT2D eigenvalue weighted by atomic mass is 16.2. The largest absolute Gasteiger partial charge is 0.326 e. The number of hydrogen-bond donors (Lipinski definition) is 3. The minimum absolute atomic E-state index is 0.000383. The lowest BCUT2D eigenvalue weighted by Gasteiger charge is -2.18. The summed E-state index contributed by atoms with van der Waals surface area (Å²) >= 11 is 0. The monoisotopic (exact) mass is 259 g/mol. The van der Waals surface area contributed by atoms with Crippen LogP contribution in [0.4, 0.5) is 11.4 Å². The normalized spacial score (nSPS) is 21.7. The molecule has 1 fully saturated rings. The molecule has 3 N–H and O–H groups in total. The van der Waals surface area contributed by atoms with Crippen molar-refractivity contribution < 1.29 is 9.59 Å². The predicted molar refractivity (Wildman–Crippen MR) is 73.0 cm³/mol. The molecule has 5 nitrogen and oxygen atoms in total. The number of rotatable bonds is 2. The lowest BCUT2D eigenvalue weighted by atomic mass is 10.0. The second-order valence-electron chi connectivity index (χ2n) is 5.06. The molecule has 1 aromatic carbocycles. The summed E-state index contributed by atoms with van der Waals surface area (Å²) in [6.45, 7) is 0.901. The van der Waals surface area contributed by atoms with Crippen molar-refractivity contribution in [3.05, 3.63) is 23.8 Å². The number of nitrogens with one attached hydrogen (secondary N) is 3. The molecule has 0 aromatic heterocycles. The molecule has 1 unspecified atom stereocenters. The number of benzene rings is 1. The number of anilines is 2. The summed E-state index contributed by atoms with van der Waals surface area (Å²) in [7, 11) is 0. The first-order chi connectivity index (χ1) is 9.22. The molecule has 0 aliphatic carbocycles. The van der Waals surface area contributed by atoms with E-state index in [-0.39, 0.29) is 17.9 Å². The lowest BCUT2D eigenvalue weighted by molar-refractivity contribution is -0.118. The average Bonchev–Trinajstić information content (AvgIpc) is 2.92. The molecule has 1 saturated heterocycles. The van der Waals surface area contributed by atoms with Crippen LogP contribution in [-0.2, 0) is 16.0 Å². The minimum Gasteiger partial charge on any atom is -0.326 e. The molecular formula is C14H17N3O2. The van der Waals surface area contributed by atoms with E-state index in [1.165, 1.54) is 0 Å². The zero-order valence-corrected chi connectivity index (χ0v) is 10.7.